The maximum absolute atomic E-state index is 11.3. The first kappa shape index (κ1) is 22.1. The zero-order valence-corrected chi connectivity index (χ0v) is 19.0. The molecule has 2 N–H and O–H groups in total. The Labute approximate surface area is 196 Å². The molecule has 0 radical (unpaired) electrons. The summed E-state index contributed by atoms with van der Waals surface area (Å²) in [6.07, 6.45) is 3.28. The smallest absolute Gasteiger partial charge is 0.354 e. The molecule has 0 saturated carbocycles. The maximum Gasteiger partial charge on any atom is 0.354 e. The van der Waals surface area contributed by atoms with E-state index in [0.717, 1.165) is 38.2 Å². The van der Waals surface area contributed by atoms with Gasteiger partial charge in [-0.25, -0.2) is 9.78 Å². The van der Waals surface area contributed by atoms with Gasteiger partial charge in [0.1, 0.15) is 5.69 Å². The summed E-state index contributed by atoms with van der Waals surface area (Å²) >= 11 is 1.51. The molecule has 2 aromatic heterocycles. The molecule has 5 nitrogen and oxygen atoms in total. The van der Waals surface area contributed by atoms with Crippen molar-refractivity contribution in [1.82, 2.24) is 9.97 Å². The second kappa shape index (κ2) is 9.60. The van der Waals surface area contributed by atoms with Crippen LogP contribution < -0.4 is 4.72 Å². The third kappa shape index (κ3) is 4.89. The van der Waals surface area contributed by atoms with Gasteiger partial charge in [0.2, 0.25) is 0 Å². The van der Waals surface area contributed by atoms with Crippen molar-refractivity contribution in [2.75, 3.05) is 4.72 Å². The fourth-order valence-electron chi connectivity index (χ4n) is 3.29. The summed E-state index contributed by atoms with van der Waals surface area (Å²) in [7, 11) is 0. The van der Waals surface area contributed by atoms with E-state index in [1.807, 2.05) is 43.3 Å². The van der Waals surface area contributed by atoms with Crippen molar-refractivity contribution < 1.29 is 9.90 Å². The fraction of sp³-hybridized carbons (Fsp3) is 0.0741. The number of aryl methyl sites for hydroxylation is 1. The highest BCUT2D eigenvalue weighted by molar-refractivity contribution is 8.00. The standard InChI is InChI=1S/C27H21N3O2S/c1-17(2)22-15-24(27(31)32)29-16-21(22)13-12-19-7-4-5-9-23(19)30-33-26-18(3)10-11-20-8-6-14-28-25(20)26/h4-11,14-16,30H,1H2,2-3H3,(H,31,32). The summed E-state index contributed by atoms with van der Waals surface area (Å²) < 4.78 is 3.42. The van der Waals surface area contributed by atoms with Gasteiger partial charge in [0, 0.05) is 23.3 Å². The number of anilines is 1. The van der Waals surface area contributed by atoms with Crippen molar-refractivity contribution in [1.29, 1.82) is 0 Å². The lowest BCUT2D eigenvalue weighted by Gasteiger charge is -2.11. The van der Waals surface area contributed by atoms with E-state index in [4.69, 9.17) is 0 Å². The molecule has 0 amide bonds. The predicted octanol–water partition coefficient (Wildman–Crippen LogP) is 6.19. The third-order valence-corrected chi connectivity index (χ3v) is 6.07. The number of para-hydroxylation sites is 1. The molecule has 162 valence electrons. The van der Waals surface area contributed by atoms with Crippen LogP contribution in [0.1, 0.15) is 39.7 Å². The maximum atomic E-state index is 11.3. The minimum absolute atomic E-state index is 0.0314. The number of carbonyl (C=O) groups is 1. The number of aromatic carboxylic acids is 1. The molecule has 0 saturated heterocycles. The van der Waals surface area contributed by atoms with E-state index in [1.54, 1.807) is 6.20 Å². The van der Waals surface area contributed by atoms with E-state index in [1.165, 1.54) is 24.2 Å². The van der Waals surface area contributed by atoms with Gasteiger partial charge < -0.3 is 9.83 Å². The Kier molecular flexibility index (Phi) is 6.43. The first-order valence-electron chi connectivity index (χ1n) is 10.2. The Morgan fingerprint density at radius 3 is 2.64 bits per heavy atom. The number of fused-ring (bicyclic) bond motifs is 1. The van der Waals surface area contributed by atoms with Crippen molar-refractivity contribution in [2.24, 2.45) is 0 Å². The van der Waals surface area contributed by atoms with Crippen molar-refractivity contribution in [3.8, 4) is 11.8 Å². The largest absolute Gasteiger partial charge is 0.477 e. The number of hydrogen-bond donors (Lipinski definition) is 2. The zero-order chi connectivity index (χ0) is 23.4. The molecular weight excluding hydrogens is 430 g/mol. The Hall–Kier alpha value is -4.08. The second-order valence-electron chi connectivity index (χ2n) is 7.49. The van der Waals surface area contributed by atoms with Crippen LogP contribution in [0, 0.1) is 18.8 Å². The Balaban J connectivity index is 1.65. The number of nitrogens with zero attached hydrogens (tertiary/aromatic N) is 2. The van der Waals surface area contributed by atoms with Crippen LogP contribution in [0.15, 0.2) is 78.5 Å². The third-order valence-electron chi connectivity index (χ3n) is 5.03. The van der Waals surface area contributed by atoms with E-state index in [-0.39, 0.29) is 5.69 Å². The fourth-order valence-corrected chi connectivity index (χ4v) is 4.18. The summed E-state index contributed by atoms with van der Waals surface area (Å²) in [4.78, 5) is 20.9. The molecule has 0 aliphatic heterocycles. The van der Waals surface area contributed by atoms with E-state index in [0.29, 0.717) is 11.1 Å². The van der Waals surface area contributed by atoms with Crippen molar-refractivity contribution in [3.63, 3.8) is 0 Å². The molecule has 0 aliphatic rings. The van der Waals surface area contributed by atoms with Crippen molar-refractivity contribution in [2.45, 2.75) is 18.7 Å². The monoisotopic (exact) mass is 451 g/mol. The van der Waals surface area contributed by atoms with Gasteiger partial charge in [0.05, 0.1) is 21.7 Å². The van der Waals surface area contributed by atoms with Crippen LogP contribution in [0.2, 0.25) is 0 Å². The number of rotatable bonds is 5. The number of nitrogens with one attached hydrogen (secondary N) is 1. The van der Waals surface area contributed by atoms with Crippen LogP contribution in [-0.4, -0.2) is 21.0 Å². The van der Waals surface area contributed by atoms with E-state index < -0.39 is 5.97 Å². The first-order valence-corrected chi connectivity index (χ1v) is 11.0. The Morgan fingerprint density at radius 1 is 1.06 bits per heavy atom. The van der Waals surface area contributed by atoms with Crippen molar-refractivity contribution >= 4 is 40.1 Å². The number of allylic oxidation sites excluding steroid dienone is 1. The summed E-state index contributed by atoms with van der Waals surface area (Å²) in [6.45, 7) is 7.83. The van der Waals surface area contributed by atoms with E-state index in [2.05, 4.69) is 52.2 Å². The molecule has 0 spiro atoms. The van der Waals surface area contributed by atoms with Crippen LogP contribution >= 0.6 is 11.9 Å². The minimum atomic E-state index is -1.08. The molecule has 2 heterocycles. The second-order valence-corrected chi connectivity index (χ2v) is 8.30. The summed E-state index contributed by atoms with van der Waals surface area (Å²) in [5, 5.41) is 10.3. The van der Waals surface area contributed by atoms with Gasteiger partial charge in [-0.3, -0.25) is 4.98 Å². The van der Waals surface area contributed by atoms with Gasteiger partial charge in [-0.05, 0) is 66.8 Å². The van der Waals surface area contributed by atoms with Crippen LogP contribution in [0.4, 0.5) is 5.69 Å². The van der Waals surface area contributed by atoms with E-state index in [9.17, 15) is 9.90 Å². The molecule has 0 fully saturated rings. The molecule has 33 heavy (non-hydrogen) atoms. The van der Waals surface area contributed by atoms with Gasteiger partial charge in [-0.1, -0.05) is 48.8 Å². The van der Waals surface area contributed by atoms with Gasteiger partial charge in [-0.15, -0.1) is 0 Å². The Morgan fingerprint density at radius 2 is 1.85 bits per heavy atom. The number of carboxylic acids is 1. The van der Waals surface area contributed by atoms with Gasteiger partial charge in [-0.2, -0.15) is 0 Å². The molecule has 2 aromatic carbocycles. The predicted molar refractivity (Wildman–Crippen MR) is 134 cm³/mol. The number of aromatic nitrogens is 2. The highest BCUT2D eigenvalue weighted by atomic mass is 32.2. The van der Waals surface area contributed by atoms with Crippen LogP contribution in [0.5, 0.6) is 0 Å². The lowest BCUT2D eigenvalue weighted by atomic mass is 10.0. The Bertz CT molecular complexity index is 1450. The molecular formula is C27H21N3O2S. The average molecular weight is 452 g/mol. The van der Waals surface area contributed by atoms with E-state index >= 15 is 0 Å². The minimum Gasteiger partial charge on any atom is -0.477 e. The van der Waals surface area contributed by atoms with Crippen LogP contribution in [0.25, 0.3) is 16.5 Å². The molecule has 0 aliphatic carbocycles. The zero-order valence-electron chi connectivity index (χ0n) is 18.2. The molecule has 0 unspecified atom stereocenters. The van der Waals surface area contributed by atoms with Gasteiger partial charge in [0.25, 0.3) is 0 Å². The SMILES string of the molecule is C=C(C)c1cc(C(=O)O)ncc1C#Cc1ccccc1NSc1c(C)ccc2cccnc12. The number of carboxylic acid groups (broad SMARTS) is 1. The van der Waals surface area contributed by atoms with Crippen LogP contribution in [0.3, 0.4) is 0 Å². The topological polar surface area (TPSA) is 75.1 Å². The highest BCUT2D eigenvalue weighted by Gasteiger charge is 2.10. The lowest BCUT2D eigenvalue weighted by molar-refractivity contribution is 0.0690. The van der Waals surface area contributed by atoms with Gasteiger partial charge >= 0.3 is 5.97 Å². The van der Waals surface area contributed by atoms with Crippen molar-refractivity contribution in [3.05, 3.63) is 102 Å². The molecule has 4 aromatic rings. The quantitative estimate of drug-likeness (QED) is 0.278. The summed E-state index contributed by atoms with van der Waals surface area (Å²) in [6, 6.07) is 17.4. The summed E-state index contributed by atoms with van der Waals surface area (Å²) in [5.41, 5.74) is 5.77. The normalized spacial score (nSPS) is 10.4. The molecule has 0 atom stereocenters. The summed E-state index contributed by atoms with van der Waals surface area (Å²) in [5.74, 6) is 5.24. The van der Waals surface area contributed by atoms with Crippen LogP contribution in [-0.2, 0) is 0 Å². The average Bonchev–Trinajstić information content (AvgIpc) is 2.82. The molecule has 0 bridgehead atoms. The molecule has 6 heteroatoms. The lowest BCUT2D eigenvalue weighted by Crippen LogP contribution is -2.02. The highest BCUT2D eigenvalue weighted by Crippen LogP contribution is 2.31. The molecule has 4 rings (SSSR count). The number of benzene rings is 2. The first-order chi connectivity index (χ1) is 15.9. The van der Waals surface area contributed by atoms with Gasteiger partial charge in [0.15, 0.2) is 0 Å². The number of pyridine rings is 2. The number of hydrogen-bond acceptors (Lipinski definition) is 5.